The van der Waals surface area contributed by atoms with Crippen molar-refractivity contribution in [2.75, 3.05) is 0 Å². The van der Waals surface area contributed by atoms with Gasteiger partial charge in [0.2, 0.25) is 5.82 Å². The van der Waals surface area contributed by atoms with Crippen molar-refractivity contribution in [1.82, 2.24) is 10.1 Å². The summed E-state index contributed by atoms with van der Waals surface area (Å²) >= 11 is 0. The van der Waals surface area contributed by atoms with Gasteiger partial charge < -0.3 is 9.36 Å². The molecule has 0 N–H and O–H groups in total. The van der Waals surface area contributed by atoms with Gasteiger partial charge in [-0.05, 0) is 5.56 Å². The summed E-state index contributed by atoms with van der Waals surface area (Å²) in [7, 11) is 0. The van der Waals surface area contributed by atoms with Crippen molar-refractivity contribution < 1.29 is 22.5 Å². The van der Waals surface area contributed by atoms with E-state index in [9.17, 15) is 13.2 Å². The number of nitriles is 1. The van der Waals surface area contributed by atoms with Crippen molar-refractivity contribution in [2.24, 2.45) is 5.16 Å². The Balaban J connectivity index is 1.78. The molecular weight excluding hydrogens is 301 g/mol. The summed E-state index contributed by atoms with van der Waals surface area (Å²) in [4.78, 5) is 8.41. The van der Waals surface area contributed by atoms with Crippen LogP contribution in [-0.4, -0.2) is 15.9 Å². The lowest BCUT2D eigenvalue weighted by Gasteiger charge is -2.07. The van der Waals surface area contributed by atoms with Gasteiger partial charge in [-0.3, -0.25) is 0 Å². The zero-order valence-corrected chi connectivity index (χ0v) is 10.8. The van der Waals surface area contributed by atoms with Crippen LogP contribution >= 0.6 is 0 Å². The van der Waals surface area contributed by atoms with Crippen molar-refractivity contribution in [1.29, 1.82) is 5.26 Å². The smallest absolute Gasteiger partial charge is 0.386 e. The van der Waals surface area contributed by atoms with Crippen molar-refractivity contribution in [3.05, 3.63) is 35.7 Å². The van der Waals surface area contributed by atoms with E-state index in [1.54, 1.807) is 24.3 Å². The fourth-order valence-electron chi connectivity index (χ4n) is 1.92. The minimum absolute atomic E-state index is 0.153. The first kappa shape index (κ1) is 14.1. The van der Waals surface area contributed by atoms with Gasteiger partial charge in [0.15, 0.2) is 11.8 Å². The first-order chi connectivity index (χ1) is 10.5. The van der Waals surface area contributed by atoms with Crippen molar-refractivity contribution in [3.63, 3.8) is 0 Å². The van der Waals surface area contributed by atoms with Gasteiger partial charge in [-0.1, -0.05) is 34.6 Å². The van der Waals surface area contributed by atoms with E-state index in [0.29, 0.717) is 17.7 Å². The molecule has 1 aliphatic rings. The van der Waals surface area contributed by atoms with Crippen LogP contribution < -0.4 is 0 Å². The van der Waals surface area contributed by atoms with E-state index in [-0.39, 0.29) is 11.9 Å². The second-order valence-electron chi connectivity index (χ2n) is 4.49. The van der Waals surface area contributed by atoms with E-state index >= 15 is 0 Å². The highest BCUT2D eigenvalue weighted by Crippen LogP contribution is 2.31. The van der Waals surface area contributed by atoms with Crippen LogP contribution in [-0.2, 0) is 11.0 Å². The van der Waals surface area contributed by atoms with Crippen LogP contribution in [0.4, 0.5) is 13.2 Å². The lowest BCUT2D eigenvalue weighted by Crippen LogP contribution is -2.04. The molecule has 0 fully saturated rings. The molecule has 2 heterocycles. The molecule has 6 nitrogen and oxygen atoms in total. The van der Waals surface area contributed by atoms with Crippen molar-refractivity contribution >= 4 is 5.71 Å². The Hall–Kier alpha value is -2.89. The first-order valence-corrected chi connectivity index (χ1v) is 6.11. The number of hydrogen-bond acceptors (Lipinski definition) is 6. The average molecular weight is 308 g/mol. The van der Waals surface area contributed by atoms with Gasteiger partial charge >= 0.3 is 12.1 Å². The molecule has 22 heavy (non-hydrogen) atoms. The lowest BCUT2D eigenvalue weighted by molar-refractivity contribution is -0.159. The fraction of sp³-hybridized carbons (Fsp3) is 0.231. The van der Waals surface area contributed by atoms with Crippen molar-refractivity contribution in [3.8, 4) is 17.5 Å². The fourth-order valence-corrected chi connectivity index (χ4v) is 1.92. The predicted molar refractivity (Wildman–Crippen MR) is 66.2 cm³/mol. The maximum atomic E-state index is 12.4. The summed E-state index contributed by atoms with van der Waals surface area (Å²) < 4.78 is 41.4. The number of halogens is 3. The van der Waals surface area contributed by atoms with E-state index < -0.39 is 12.1 Å². The molecule has 1 aliphatic heterocycles. The molecule has 0 aliphatic carbocycles. The zero-order chi connectivity index (χ0) is 15.7. The maximum absolute atomic E-state index is 12.4. The van der Waals surface area contributed by atoms with E-state index in [0.717, 1.165) is 5.56 Å². The molecule has 0 spiro atoms. The largest absolute Gasteiger partial charge is 0.471 e. The molecule has 0 saturated heterocycles. The Morgan fingerprint density at radius 1 is 1.23 bits per heavy atom. The molecule has 9 heteroatoms. The van der Waals surface area contributed by atoms with Crippen LogP contribution in [0.1, 0.15) is 24.0 Å². The topological polar surface area (TPSA) is 84.3 Å². The highest BCUT2D eigenvalue weighted by molar-refractivity contribution is 5.99. The number of rotatable bonds is 2. The number of benzene rings is 1. The maximum Gasteiger partial charge on any atom is 0.471 e. The second-order valence-corrected chi connectivity index (χ2v) is 4.49. The molecule has 1 aromatic heterocycles. The standard InChI is InChI=1S/C13H7F3N4O2/c14-13(15,16)12-18-11(20-22-12)8-3-1-7(2-4-8)10-5-9(6-17)19-21-10/h1-4,10H,5H2. The Bertz CT molecular complexity index is 759. The van der Waals surface area contributed by atoms with E-state index in [2.05, 4.69) is 19.8 Å². The van der Waals surface area contributed by atoms with Gasteiger partial charge in [0.25, 0.3) is 0 Å². The zero-order valence-electron chi connectivity index (χ0n) is 10.8. The van der Waals surface area contributed by atoms with Crippen LogP contribution in [0.3, 0.4) is 0 Å². The third-order valence-corrected chi connectivity index (χ3v) is 3.01. The van der Waals surface area contributed by atoms with Crippen LogP contribution in [0.25, 0.3) is 11.4 Å². The van der Waals surface area contributed by atoms with E-state index in [4.69, 9.17) is 10.1 Å². The molecule has 2 aromatic rings. The molecule has 3 rings (SSSR count). The third kappa shape index (κ3) is 2.63. The Labute approximate surface area is 121 Å². The molecule has 1 aromatic carbocycles. The van der Waals surface area contributed by atoms with Gasteiger partial charge in [-0.25, -0.2) is 0 Å². The van der Waals surface area contributed by atoms with Gasteiger partial charge in [-0.2, -0.15) is 23.4 Å². The molecule has 0 amide bonds. The SMILES string of the molecule is N#CC1=NOC(c2ccc(-c3noc(C(F)(F)F)n3)cc2)C1. The number of aromatic nitrogens is 2. The Morgan fingerprint density at radius 2 is 1.95 bits per heavy atom. The molecular formula is C13H7F3N4O2. The minimum Gasteiger partial charge on any atom is -0.386 e. The van der Waals surface area contributed by atoms with Crippen LogP contribution in [0.5, 0.6) is 0 Å². The van der Waals surface area contributed by atoms with Gasteiger partial charge in [-0.15, -0.1) is 0 Å². The number of hydrogen-bond donors (Lipinski definition) is 0. The summed E-state index contributed by atoms with van der Waals surface area (Å²) in [6.07, 6.45) is -4.69. The monoisotopic (exact) mass is 308 g/mol. The van der Waals surface area contributed by atoms with Crippen LogP contribution in [0.15, 0.2) is 33.9 Å². The predicted octanol–water partition coefficient (Wildman–Crippen LogP) is 3.10. The number of nitrogens with zero attached hydrogens (tertiary/aromatic N) is 4. The Morgan fingerprint density at radius 3 is 2.50 bits per heavy atom. The molecule has 0 bridgehead atoms. The second kappa shape index (κ2) is 5.14. The summed E-state index contributed by atoms with van der Waals surface area (Å²) in [5, 5.41) is 15.6. The lowest BCUT2D eigenvalue weighted by atomic mass is 10.0. The van der Waals surface area contributed by atoms with E-state index in [1.165, 1.54) is 0 Å². The quantitative estimate of drug-likeness (QED) is 0.851. The van der Waals surface area contributed by atoms with Crippen LogP contribution in [0.2, 0.25) is 0 Å². The Kier molecular flexibility index (Phi) is 3.29. The number of alkyl halides is 3. The van der Waals surface area contributed by atoms with E-state index in [1.807, 2.05) is 6.07 Å². The summed E-state index contributed by atoms with van der Waals surface area (Å²) in [5.74, 6) is -1.54. The molecule has 0 saturated carbocycles. The summed E-state index contributed by atoms with van der Waals surface area (Å²) in [6, 6.07) is 8.31. The normalized spacial score (nSPS) is 17.7. The number of oxime groups is 1. The van der Waals surface area contributed by atoms with Gasteiger partial charge in [0, 0.05) is 12.0 Å². The molecule has 112 valence electrons. The summed E-state index contributed by atoms with van der Waals surface area (Å²) in [5.41, 5.74) is 1.42. The summed E-state index contributed by atoms with van der Waals surface area (Å²) in [6.45, 7) is 0. The highest BCUT2D eigenvalue weighted by Gasteiger charge is 2.38. The molecule has 0 radical (unpaired) electrons. The molecule has 1 unspecified atom stereocenters. The minimum atomic E-state index is -4.67. The van der Waals surface area contributed by atoms with Gasteiger partial charge in [0.1, 0.15) is 6.07 Å². The molecule has 1 atom stereocenters. The van der Waals surface area contributed by atoms with Gasteiger partial charge in [0.05, 0.1) is 0 Å². The van der Waals surface area contributed by atoms with Crippen LogP contribution in [0, 0.1) is 11.3 Å². The highest BCUT2D eigenvalue weighted by atomic mass is 19.4. The van der Waals surface area contributed by atoms with Crippen molar-refractivity contribution in [2.45, 2.75) is 18.7 Å². The average Bonchev–Trinajstić information content (AvgIpc) is 3.16. The third-order valence-electron chi connectivity index (χ3n) is 3.01. The first-order valence-electron chi connectivity index (χ1n) is 6.11.